The van der Waals surface area contributed by atoms with Gasteiger partial charge in [-0.1, -0.05) is 12.1 Å². The molecule has 112 valence electrons. The fourth-order valence-electron chi connectivity index (χ4n) is 2.23. The zero-order valence-corrected chi connectivity index (χ0v) is 11.7. The second-order valence-corrected chi connectivity index (χ2v) is 4.98. The summed E-state index contributed by atoms with van der Waals surface area (Å²) in [5, 5.41) is 13.7. The molecule has 1 atom stereocenters. The second-order valence-electron chi connectivity index (χ2n) is 4.98. The van der Waals surface area contributed by atoms with E-state index in [4.69, 9.17) is 4.74 Å². The monoisotopic (exact) mass is 290 g/mol. The molecular weight excluding hydrogens is 272 g/mol. The number of nitrogens with one attached hydrogen (secondary N) is 1. The van der Waals surface area contributed by atoms with Gasteiger partial charge in [-0.15, -0.1) is 0 Å². The van der Waals surface area contributed by atoms with Crippen LogP contribution in [0.2, 0.25) is 0 Å². The van der Waals surface area contributed by atoms with Crippen molar-refractivity contribution in [3.05, 3.63) is 46.0 Å². The van der Waals surface area contributed by atoms with E-state index >= 15 is 0 Å². The summed E-state index contributed by atoms with van der Waals surface area (Å²) < 4.78 is 5.34. The Kier molecular flexibility index (Phi) is 5.45. The lowest BCUT2D eigenvalue weighted by Gasteiger charge is -2.21. The van der Waals surface area contributed by atoms with Crippen molar-refractivity contribution in [2.45, 2.75) is 12.8 Å². The van der Waals surface area contributed by atoms with Gasteiger partial charge in [0.25, 0.3) is 5.69 Å². The fourth-order valence-corrected chi connectivity index (χ4v) is 2.23. The van der Waals surface area contributed by atoms with E-state index < -0.39 is 4.92 Å². The van der Waals surface area contributed by atoms with E-state index in [1.807, 2.05) is 0 Å². The number of rotatable bonds is 5. The smallest absolute Gasteiger partial charge is 0.276 e. The summed E-state index contributed by atoms with van der Waals surface area (Å²) in [6.45, 7) is 2.04. The standard InChI is InChI=1S/C15H18N2O4/c18-15(16-10-12-4-3-9-21-11-12)8-7-13-5-1-2-6-14(13)17(19)20/h1-2,5-8,12H,3-4,9-11H2,(H,16,18)/b8-7-/t12-/m1/s1. The highest BCUT2D eigenvalue weighted by Crippen LogP contribution is 2.18. The Labute approximate surface area is 122 Å². The molecule has 1 fully saturated rings. The van der Waals surface area contributed by atoms with Gasteiger partial charge in [-0.25, -0.2) is 0 Å². The second kappa shape index (κ2) is 7.54. The summed E-state index contributed by atoms with van der Waals surface area (Å²) in [4.78, 5) is 22.1. The van der Waals surface area contributed by atoms with E-state index in [0.717, 1.165) is 19.4 Å². The number of nitrogens with zero attached hydrogens (tertiary/aromatic N) is 1. The van der Waals surface area contributed by atoms with Crippen LogP contribution in [0.3, 0.4) is 0 Å². The van der Waals surface area contributed by atoms with Crippen LogP contribution in [0.15, 0.2) is 30.3 Å². The molecule has 0 spiro atoms. The highest BCUT2D eigenvalue weighted by Gasteiger charge is 2.14. The van der Waals surface area contributed by atoms with Gasteiger partial charge >= 0.3 is 0 Å². The van der Waals surface area contributed by atoms with E-state index in [1.54, 1.807) is 18.2 Å². The molecule has 2 rings (SSSR count). The molecule has 1 heterocycles. The molecule has 21 heavy (non-hydrogen) atoms. The molecule has 6 heteroatoms. The lowest BCUT2D eigenvalue weighted by atomic mass is 10.0. The van der Waals surface area contributed by atoms with Crippen LogP contribution in [0.25, 0.3) is 6.08 Å². The highest BCUT2D eigenvalue weighted by molar-refractivity contribution is 5.92. The minimum absolute atomic E-state index is 0.0118. The lowest BCUT2D eigenvalue weighted by Crippen LogP contribution is -2.32. The van der Waals surface area contributed by atoms with Gasteiger partial charge in [0.15, 0.2) is 0 Å². The summed E-state index contributed by atoms with van der Waals surface area (Å²) >= 11 is 0. The summed E-state index contributed by atoms with van der Waals surface area (Å²) in [7, 11) is 0. The molecular formula is C15H18N2O4. The predicted molar refractivity (Wildman–Crippen MR) is 78.7 cm³/mol. The van der Waals surface area contributed by atoms with Gasteiger partial charge in [0.1, 0.15) is 0 Å². The third-order valence-corrected chi connectivity index (χ3v) is 3.37. The quantitative estimate of drug-likeness (QED) is 0.512. The Balaban J connectivity index is 1.88. The van der Waals surface area contributed by atoms with Crippen LogP contribution in [0.5, 0.6) is 0 Å². The summed E-state index contributed by atoms with van der Waals surface area (Å²) in [6.07, 6.45) is 4.86. The number of nitro benzene ring substituents is 1. The Morgan fingerprint density at radius 2 is 2.29 bits per heavy atom. The number of carbonyl (C=O) groups is 1. The minimum atomic E-state index is -0.461. The summed E-state index contributed by atoms with van der Waals surface area (Å²) in [5.74, 6) is 0.0980. The van der Waals surface area contributed by atoms with Gasteiger partial charge in [-0.2, -0.15) is 0 Å². The fraction of sp³-hybridized carbons (Fsp3) is 0.400. The maximum atomic E-state index is 11.7. The molecule has 0 aliphatic carbocycles. The highest BCUT2D eigenvalue weighted by atomic mass is 16.6. The van der Waals surface area contributed by atoms with Gasteiger partial charge in [-0.05, 0) is 30.9 Å². The molecule has 1 N–H and O–H groups in total. The Bertz CT molecular complexity index is 536. The molecule has 1 amide bonds. The van der Waals surface area contributed by atoms with Crippen molar-refractivity contribution in [1.82, 2.24) is 5.32 Å². The molecule has 1 aliphatic heterocycles. The molecule has 1 saturated heterocycles. The van der Waals surface area contributed by atoms with Crippen LogP contribution in [0.4, 0.5) is 5.69 Å². The first-order chi connectivity index (χ1) is 10.2. The van der Waals surface area contributed by atoms with E-state index in [1.165, 1.54) is 18.2 Å². The van der Waals surface area contributed by atoms with Crippen LogP contribution >= 0.6 is 0 Å². The average molecular weight is 290 g/mol. The molecule has 0 unspecified atom stereocenters. The van der Waals surface area contributed by atoms with E-state index in [2.05, 4.69) is 5.32 Å². The minimum Gasteiger partial charge on any atom is -0.381 e. The van der Waals surface area contributed by atoms with Crippen LogP contribution in [0.1, 0.15) is 18.4 Å². The summed E-state index contributed by atoms with van der Waals surface area (Å²) in [5.41, 5.74) is 0.404. The molecule has 1 aromatic carbocycles. The van der Waals surface area contributed by atoms with Crippen molar-refractivity contribution in [1.29, 1.82) is 0 Å². The van der Waals surface area contributed by atoms with E-state index in [0.29, 0.717) is 24.6 Å². The van der Waals surface area contributed by atoms with Crippen molar-refractivity contribution in [2.75, 3.05) is 19.8 Å². The third-order valence-electron chi connectivity index (χ3n) is 3.37. The number of ether oxygens (including phenoxy) is 1. The SMILES string of the molecule is O=C(/C=C\c1ccccc1[N+](=O)[O-])NC[C@H]1CCCOC1. The van der Waals surface area contributed by atoms with Crippen molar-refractivity contribution >= 4 is 17.7 Å². The predicted octanol–water partition coefficient (Wildman–Crippen LogP) is 2.15. The van der Waals surface area contributed by atoms with Crippen LogP contribution in [0, 0.1) is 16.0 Å². The molecule has 0 radical (unpaired) electrons. The first-order valence-electron chi connectivity index (χ1n) is 6.94. The first-order valence-corrected chi connectivity index (χ1v) is 6.94. The average Bonchev–Trinajstić information content (AvgIpc) is 2.52. The summed E-state index contributed by atoms with van der Waals surface area (Å²) in [6, 6.07) is 6.32. The molecule has 1 aliphatic rings. The van der Waals surface area contributed by atoms with Gasteiger partial charge in [0, 0.05) is 25.3 Å². The number of benzene rings is 1. The molecule has 0 saturated carbocycles. The Hall–Kier alpha value is -2.21. The number of carbonyl (C=O) groups excluding carboxylic acids is 1. The van der Waals surface area contributed by atoms with Crippen LogP contribution < -0.4 is 5.32 Å². The Morgan fingerprint density at radius 1 is 1.48 bits per heavy atom. The molecule has 0 aromatic heterocycles. The van der Waals surface area contributed by atoms with E-state index in [-0.39, 0.29) is 11.6 Å². The third kappa shape index (κ3) is 4.68. The largest absolute Gasteiger partial charge is 0.381 e. The van der Waals surface area contributed by atoms with Crippen molar-refractivity contribution in [3.63, 3.8) is 0 Å². The molecule has 1 aromatic rings. The zero-order chi connectivity index (χ0) is 15.1. The number of para-hydroxylation sites is 1. The maximum absolute atomic E-state index is 11.7. The maximum Gasteiger partial charge on any atom is 0.276 e. The molecule has 6 nitrogen and oxygen atoms in total. The normalized spacial score (nSPS) is 18.6. The van der Waals surface area contributed by atoms with Crippen LogP contribution in [-0.2, 0) is 9.53 Å². The van der Waals surface area contributed by atoms with Crippen molar-refractivity contribution < 1.29 is 14.5 Å². The van der Waals surface area contributed by atoms with Gasteiger partial charge < -0.3 is 10.1 Å². The number of nitro groups is 1. The lowest BCUT2D eigenvalue weighted by molar-refractivity contribution is -0.385. The van der Waals surface area contributed by atoms with Gasteiger partial charge in [-0.3, -0.25) is 14.9 Å². The zero-order valence-electron chi connectivity index (χ0n) is 11.7. The number of hydrogen-bond donors (Lipinski definition) is 1. The van der Waals surface area contributed by atoms with Crippen molar-refractivity contribution in [2.24, 2.45) is 5.92 Å². The van der Waals surface area contributed by atoms with Crippen LogP contribution in [-0.4, -0.2) is 30.6 Å². The Morgan fingerprint density at radius 3 is 3.00 bits per heavy atom. The number of hydrogen-bond acceptors (Lipinski definition) is 4. The molecule has 0 bridgehead atoms. The topological polar surface area (TPSA) is 81.5 Å². The van der Waals surface area contributed by atoms with Gasteiger partial charge in [0.05, 0.1) is 17.1 Å². The number of amides is 1. The van der Waals surface area contributed by atoms with E-state index in [9.17, 15) is 14.9 Å². The van der Waals surface area contributed by atoms with Gasteiger partial charge in [0.2, 0.25) is 5.91 Å². The first kappa shape index (κ1) is 15.2. The van der Waals surface area contributed by atoms with Crippen molar-refractivity contribution in [3.8, 4) is 0 Å².